The van der Waals surface area contributed by atoms with Crippen molar-refractivity contribution < 1.29 is 13.6 Å². The summed E-state index contributed by atoms with van der Waals surface area (Å²) in [5.41, 5.74) is -0.210. The third kappa shape index (κ3) is 3.76. The number of rotatable bonds is 3. The minimum absolute atomic E-state index is 0.146. The molecule has 0 unspecified atom stereocenters. The van der Waals surface area contributed by atoms with E-state index < -0.39 is 11.6 Å². The van der Waals surface area contributed by atoms with Gasteiger partial charge in [-0.2, -0.15) is 0 Å². The third-order valence-corrected chi connectivity index (χ3v) is 9.05. The van der Waals surface area contributed by atoms with Crippen LogP contribution in [0.5, 0.6) is 0 Å². The number of thiophene rings is 2. The van der Waals surface area contributed by atoms with E-state index in [9.17, 15) is 18.4 Å². The van der Waals surface area contributed by atoms with Gasteiger partial charge in [0.05, 0.1) is 23.9 Å². The monoisotopic (exact) mass is 498 g/mol. The molecule has 1 amide bonds. The van der Waals surface area contributed by atoms with Gasteiger partial charge in [0.2, 0.25) is 0 Å². The molecule has 1 aliphatic rings. The molecule has 0 atom stereocenters. The standard InChI is InChI=1S/C19H12F2N2O2S5/c1-8-22(2)17(24)13(27-8)6-9-4-11(20)15(28-9)16-12(21)5-10(29-16)7-14-18(25)23(3)19(26)30-14/h4-7H,1H2,2-3H3/b13-6-,14-7-. The van der Waals surface area contributed by atoms with Gasteiger partial charge in [-0.25, -0.2) is 8.78 Å². The Morgan fingerprint density at radius 3 is 2.03 bits per heavy atom. The zero-order valence-electron chi connectivity index (χ0n) is 15.5. The number of thiazole rings is 1. The highest BCUT2D eigenvalue weighted by Gasteiger charge is 2.29. The van der Waals surface area contributed by atoms with Crippen molar-refractivity contribution in [3.05, 3.63) is 58.0 Å². The minimum atomic E-state index is -0.572. The SMILES string of the molecule is C=c1s/c(=C\c2cc(F)c(-c3sc(/C=C4\SC(=S)N(C)C4=O)cc3F)s2)c(=O)n1C. The summed E-state index contributed by atoms with van der Waals surface area (Å²) in [7, 11) is 3.20. The van der Waals surface area contributed by atoms with Crippen molar-refractivity contribution in [3.63, 3.8) is 0 Å². The van der Waals surface area contributed by atoms with E-state index in [4.69, 9.17) is 12.2 Å². The smallest absolute Gasteiger partial charge is 0.268 e. The molecule has 0 aliphatic carbocycles. The summed E-state index contributed by atoms with van der Waals surface area (Å²) in [6.45, 7) is 3.79. The minimum Gasteiger partial charge on any atom is -0.303 e. The van der Waals surface area contributed by atoms with Crippen molar-refractivity contribution in [3.8, 4) is 9.75 Å². The van der Waals surface area contributed by atoms with E-state index in [1.807, 2.05) is 0 Å². The molecule has 1 fully saturated rings. The van der Waals surface area contributed by atoms with Crippen LogP contribution in [0, 0.1) is 11.6 Å². The van der Waals surface area contributed by atoms with Gasteiger partial charge in [0.25, 0.3) is 11.5 Å². The first-order valence-corrected chi connectivity index (χ1v) is 12.0. The van der Waals surface area contributed by atoms with Crippen molar-refractivity contribution in [1.82, 2.24) is 9.47 Å². The topological polar surface area (TPSA) is 42.3 Å². The molecule has 1 aliphatic heterocycles. The number of likely N-dealkylation sites (N-methyl/N-ethyl adjacent to an activating group) is 1. The first-order chi connectivity index (χ1) is 14.2. The van der Waals surface area contributed by atoms with Crippen molar-refractivity contribution in [2.45, 2.75) is 0 Å². The molecule has 4 heterocycles. The van der Waals surface area contributed by atoms with Crippen molar-refractivity contribution >= 4 is 86.9 Å². The lowest BCUT2D eigenvalue weighted by atomic mass is 10.3. The number of hydrogen-bond donors (Lipinski definition) is 0. The fraction of sp³-hybridized carbons (Fsp3) is 0.105. The van der Waals surface area contributed by atoms with Crippen LogP contribution in [0.15, 0.2) is 21.8 Å². The first kappa shape index (κ1) is 21.3. The van der Waals surface area contributed by atoms with E-state index in [-0.39, 0.29) is 21.2 Å². The van der Waals surface area contributed by atoms with Crippen LogP contribution >= 0.6 is 58.0 Å². The highest BCUT2D eigenvalue weighted by molar-refractivity contribution is 8.26. The van der Waals surface area contributed by atoms with Gasteiger partial charge in [0.1, 0.15) is 16.0 Å². The highest BCUT2D eigenvalue weighted by Crippen LogP contribution is 2.40. The van der Waals surface area contributed by atoms with Crippen LogP contribution in [0.25, 0.3) is 28.5 Å². The molecule has 154 valence electrons. The van der Waals surface area contributed by atoms with Crippen molar-refractivity contribution in [2.75, 3.05) is 7.05 Å². The van der Waals surface area contributed by atoms with Crippen LogP contribution in [-0.4, -0.2) is 26.7 Å². The number of aromatic nitrogens is 1. The zero-order chi connectivity index (χ0) is 21.7. The lowest BCUT2D eigenvalue weighted by Crippen LogP contribution is -2.28. The largest absolute Gasteiger partial charge is 0.303 e. The maximum Gasteiger partial charge on any atom is 0.268 e. The molecule has 0 bridgehead atoms. The maximum absolute atomic E-state index is 14.6. The normalized spacial score (nSPS) is 16.5. The predicted octanol–water partition coefficient (Wildman–Crippen LogP) is 3.59. The Hall–Kier alpha value is -1.92. The van der Waals surface area contributed by atoms with E-state index in [2.05, 4.69) is 6.58 Å². The molecule has 30 heavy (non-hydrogen) atoms. The Bertz CT molecular complexity index is 1410. The van der Waals surface area contributed by atoms with Gasteiger partial charge in [0, 0.05) is 23.8 Å². The van der Waals surface area contributed by atoms with E-state index >= 15 is 0 Å². The van der Waals surface area contributed by atoms with E-state index in [1.165, 1.54) is 32.9 Å². The molecule has 3 aromatic heterocycles. The summed E-state index contributed by atoms with van der Waals surface area (Å²) in [6.07, 6.45) is 3.14. The van der Waals surface area contributed by atoms with E-state index in [0.29, 0.717) is 28.2 Å². The van der Waals surface area contributed by atoms with Crippen LogP contribution < -0.4 is 14.8 Å². The Labute approximate surface area is 191 Å². The number of thiocarbonyl (C=S) groups is 1. The summed E-state index contributed by atoms with van der Waals surface area (Å²) in [6, 6.07) is 2.55. The average molecular weight is 499 g/mol. The number of carbonyl (C=O) groups excluding carboxylic acids is 1. The molecule has 11 heteroatoms. The number of nitrogens with zero attached hydrogens (tertiary/aromatic N) is 2. The fourth-order valence-electron chi connectivity index (χ4n) is 2.64. The van der Waals surface area contributed by atoms with Gasteiger partial charge in [-0.1, -0.05) is 30.6 Å². The number of hydrogen-bond acceptors (Lipinski definition) is 7. The summed E-state index contributed by atoms with van der Waals surface area (Å²) in [4.78, 5) is 27.3. The molecule has 4 nitrogen and oxygen atoms in total. The summed E-state index contributed by atoms with van der Waals surface area (Å²) < 4.78 is 32.0. The Morgan fingerprint density at radius 2 is 1.57 bits per heavy atom. The number of halogens is 2. The zero-order valence-corrected chi connectivity index (χ0v) is 19.6. The summed E-state index contributed by atoms with van der Waals surface area (Å²) in [5.74, 6) is -1.39. The maximum atomic E-state index is 14.6. The second-order valence-corrected chi connectivity index (χ2v) is 11.2. The molecule has 3 aromatic rings. The van der Waals surface area contributed by atoms with E-state index in [0.717, 1.165) is 34.4 Å². The molecule has 0 radical (unpaired) electrons. The number of thioether (sulfide) groups is 1. The Morgan fingerprint density at radius 1 is 1.00 bits per heavy atom. The van der Waals surface area contributed by atoms with Gasteiger partial charge in [-0.15, -0.1) is 34.0 Å². The molecule has 0 saturated carbocycles. The van der Waals surface area contributed by atoms with Gasteiger partial charge in [-0.05, 0) is 24.3 Å². The third-order valence-electron chi connectivity index (χ3n) is 4.27. The van der Waals surface area contributed by atoms with Gasteiger partial charge in [-0.3, -0.25) is 14.5 Å². The van der Waals surface area contributed by atoms with Gasteiger partial charge < -0.3 is 4.57 Å². The van der Waals surface area contributed by atoms with Gasteiger partial charge in [0.15, 0.2) is 0 Å². The van der Waals surface area contributed by atoms with Crippen LogP contribution in [-0.2, 0) is 11.8 Å². The van der Waals surface area contributed by atoms with Crippen molar-refractivity contribution in [1.29, 1.82) is 0 Å². The summed E-state index contributed by atoms with van der Waals surface area (Å²) >= 11 is 9.56. The molecular weight excluding hydrogens is 487 g/mol. The lowest BCUT2D eigenvalue weighted by Gasteiger charge is -2.03. The summed E-state index contributed by atoms with van der Waals surface area (Å²) in [5, 5.41) is 0. The quantitative estimate of drug-likeness (QED) is 0.409. The fourth-order valence-corrected chi connectivity index (χ4v) is 6.93. The van der Waals surface area contributed by atoms with Gasteiger partial charge >= 0.3 is 0 Å². The molecule has 1 saturated heterocycles. The highest BCUT2D eigenvalue weighted by atomic mass is 32.2. The van der Waals surface area contributed by atoms with Crippen LogP contribution in [0.3, 0.4) is 0 Å². The van der Waals surface area contributed by atoms with Crippen molar-refractivity contribution in [2.24, 2.45) is 7.05 Å². The molecule has 0 aromatic carbocycles. The second kappa shape index (κ2) is 7.97. The molecule has 0 N–H and O–H groups in total. The van der Waals surface area contributed by atoms with Crippen LogP contribution in [0.2, 0.25) is 0 Å². The van der Waals surface area contributed by atoms with Crippen LogP contribution in [0.1, 0.15) is 9.75 Å². The predicted molar refractivity (Wildman–Crippen MR) is 126 cm³/mol. The van der Waals surface area contributed by atoms with E-state index in [1.54, 1.807) is 26.2 Å². The Kier molecular flexibility index (Phi) is 5.66. The lowest BCUT2D eigenvalue weighted by molar-refractivity contribution is -0.121. The average Bonchev–Trinajstić information content (AvgIpc) is 3.37. The first-order valence-electron chi connectivity index (χ1n) is 8.33. The van der Waals surface area contributed by atoms with Crippen LogP contribution in [0.4, 0.5) is 8.78 Å². The molecular formula is C19H12F2N2O2S5. The molecule has 4 rings (SSSR count). The Balaban J connectivity index is 1.72. The number of amides is 1. The molecule has 0 spiro atoms. The number of carbonyl (C=O) groups is 1. The second-order valence-electron chi connectivity index (χ2n) is 6.26.